The van der Waals surface area contributed by atoms with Crippen LogP contribution in [0.2, 0.25) is 0 Å². The molecule has 2 fully saturated rings. The molecule has 3 atom stereocenters. The number of carbonyl (C=O) groups is 3. The van der Waals surface area contributed by atoms with E-state index in [2.05, 4.69) is 5.32 Å². The van der Waals surface area contributed by atoms with Gasteiger partial charge in [0.15, 0.2) is 0 Å². The van der Waals surface area contributed by atoms with Crippen molar-refractivity contribution >= 4 is 18.1 Å². The summed E-state index contributed by atoms with van der Waals surface area (Å²) in [6, 6.07) is 8.44. The summed E-state index contributed by atoms with van der Waals surface area (Å²) in [6.45, 7) is 10.3. The van der Waals surface area contributed by atoms with Gasteiger partial charge in [0.1, 0.15) is 18.2 Å². The maximum absolute atomic E-state index is 13.9. The summed E-state index contributed by atoms with van der Waals surface area (Å²) >= 11 is 0. The number of hydrogen-bond acceptors (Lipinski definition) is 5. The number of amides is 3. The van der Waals surface area contributed by atoms with Crippen molar-refractivity contribution < 1.29 is 23.9 Å². The normalized spacial score (nSPS) is 22.3. The largest absolute Gasteiger partial charge is 0.445 e. The zero-order valence-electron chi connectivity index (χ0n) is 21.8. The fourth-order valence-electron chi connectivity index (χ4n) is 5.13. The third kappa shape index (κ3) is 7.61. The Labute approximate surface area is 209 Å². The molecule has 0 spiro atoms. The van der Waals surface area contributed by atoms with Gasteiger partial charge in [-0.3, -0.25) is 4.79 Å². The molecule has 3 rings (SSSR count). The molecule has 2 aliphatic rings. The van der Waals surface area contributed by atoms with Crippen LogP contribution >= 0.6 is 0 Å². The van der Waals surface area contributed by atoms with Gasteiger partial charge in [-0.05, 0) is 58.9 Å². The lowest BCUT2D eigenvalue weighted by molar-refractivity contribution is -0.143. The van der Waals surface area contributed by atoms with Gasteiger partial charge in [0.25, 0.3) is 0 Å². The highest BCUT2D eigenvalue weighted by molar-refractivity contribution is 5.87. The van der Waals surface area contributed by atoms with E-state index in [0.717, 1.165) is 37.7 Å². The van der Waals surface area contributed by atoms with Crippen LogP contribution in [0.25, 0.3) is 0 Å². The molecule has 0 unspecified atom stereocenters. The Hall–Kier alpha value is -2.77. The molecule has 1 aliphatic heterocycles. The predicted molar refractivity (Wildman–Crippen MR) is 134 cm³/mol. The number of piperazine rings is 1. The van der Waals surface area contributed by atoms with Gasteiger partial charge in [0, 0.05) is 25.2 Å². The van der Waals surface area contributed by atoms with Crippen LogP contribution in [0, 0.1) is 5.92 Å². The van der Waals surface area contributed by atoms with Crippen LogP contribution in [0.5, 0.6) is 0 Å². The van der Waals surface area contributed by atoms with Gasteiger partial charge in [-0.2, -0.15) is 0 Å². The van der Waals surface area contributed by atoms with Crippen molar-refractivity contribution in [2.45, 2.75) is 97.1 Å². The van der Waals surface area contributed by atoms with E-state index < -0.39 is 17.7 Å². The first-order valence-electron chi connectivity index (χ1n) is 12.8. The molecule has 35 heavy (non-hydrogen) atoms. The molecule has 0 bridgehead atoms. The first kappa shape index (κ1) is 26.8. The first-order chi connectivity index (χ1) is 16.5. The van der Waals surface area contributed by atoms with Gasteiger partial charge in [-0.15, -0.1) is 0 Å². The highest BCUT2D eigenvalue weighted by Gasteiger charge is 2.41. The number of ether oxygens (including phenoxy) is 2. The smallest absolute Gasteiger partial charge is 0.410 e. The Morgan fingerprint density at radius 2 is 1.60 bits per heavy atom. The van der Waals surface area contributed by atoms with Crippen LogP contribution < -0.4 is 5.32 Å². The van der Waals surface area contributed by atoms with E-state index in [-0.39, 0.29) is 36.6 Å². The molecule has 8 nitrogen and oxygen atoms in total. The van der Waals surface area contributed by atoms with Crippen molar-refractivity contribution in [3.05, 3.63) is 35.9 Å². The molecule has 0 aromatic heterocycles. The van der Waals surface area contributed by atoms with Gasteiger partial charge in [0.2, 0.25) is 5.91 Å². The SMILES string of the molecule is C[C@@H]1CN(C(=O)OC(C)(C)C)C[C@@H](C)N1C(=O)[C@H](NC(=O)OCc1ccccc1)C1CCCCC1. The lowest BCUT2D eigenvalue weighted by atomic mass is 9.83. The number of nitrogens with one attached hydrogen (secondary N) is 1. The maximum atomic E-state index is 13.9. The molecule has 194 valence electrons. The highest BCUT2D eigenvalue weighted by Crippen LogP contribution is 2.29. The summed E-state index contributed by atoms with van der Waals surface area (Å²) in [4.78, 5) is 42.7. The average molecular weight is 488 g/mol. The Kier molecular flexibility index (Phi) is 9.03. The minimum atomic E-state index is -0.642. The third-order valence-corrected chi connectivity index (χ3v) is 6.70. The van der Waals surface area contributed by atoms with Crippen molar-refractivity contribution in [2.75, 3.05) is 13.1 Å². The minimum Gasteiger partial charge on any atom is -0.445 e. The lowest BCUT2D eigenvalue weighted by Gasteiger charge is -2.46. The van der Waals surface area contributed by atoms with Crippen molar-refractivity contribution in [3.63, 3.8) is 0 Å². The van der Waals surface area contributed by atoms with Gasteiger partial charge < -0.3 is 24.6 Å². The molecule has 3 amide bonds. The fourth-order valence-corrected chi connectivity index (χ4v) is 5.13. The number of alkyl carbamates (subject to hydrolysis) is 1. The maximum Gasteiger partial charge on any atom is 0.410 e. The molecule has 1 aromatic rings. The van der Waals surface area contributed by atoms with Crippen molar-refractivity contribution in [2.24, 2.45) is 5.92 Å². The Balaban J connectivity index is 1.68. The number of hydrogen-bond donors (Lipinski definition) is 1. The second kappa shape index (κ2) is 11.8. The molecular weight excluding hydrogens is 446 g/mol. The average Bonchev–Trinajstić information content (AvgIpc) is 2.80. The van der Waals surface area contributed by atoms with E-state index in [1.165, 1.54) is 0 Å². The van der Waals surface area contributed by atoms with Crippen LogP contribution in [-0.2, 0) is 20.9 Å². The van der Waals surface area contributed by atoms with Crippen molar-refractivity contribution in [1.82, 2.24) is 15.1 Å². The van der Waals surface area contributed by atoms with Gasteiger partial charge in [-0.25, -0.2) is 9.59 Å². The number of nitrogens with zero attached hydrogens (tertiary/aromatic N) is 2. The predicted octanol–water partition coefficient (Wildman–Crippen LogP) is 4.72. The highest BCUT2D eigenvalue weighted by atomic mass is 16.6. The lowest BCUT2D eigenvalue weighted by Crippen LogP contribution is -2.64. The van der Waals surface area contributed by atoms with E-state index in [4.69, 9.17) is 9.47 Å². The van der Waals surface area contributed by atoms with Crippen LogP contribution in [0.1, 0.15) is 72.3 Å². The van der Waals surface area contributed by atoms with E-state index in [9.17, 15) is 14.4 Å². The van der Waals surface area contributed by atoms with E-state index in [0.29, 0.717) is 13.1 Å². The van der Waals surface area contributed by atoms with Crippen molar-refractivity contribution in [1.29, 1.82) is 0 Å². The molecule has 1 saturated heterocycles. The monoisotopic (exact) mass is 487 g/mol. The third-order valence-electron chi connectivity index (χ3n) is 6.70. The summed E-state index contributed by atoms with van der Waals surface area (Å²) in [5.74, 6) is -0.0267. The summed E-state index contributed by atoms with van der Waals surface area (Å²) in [6.07, 6.45) is 4.10. The number of rotatable bonds is 5. The summed E-state index contributed by atoms with van der Waals surface area (Å²) < 4.78 is 11.0. The van der Waals surface area contributed by atoms with Gasteiger partial charge in [0.05, 0.1) is 0 Å². The second-order valence-electron chi connectivity index (χ2n) is 10.9. The van der Waals surface area contributed by atoms with Crippen LogP contribution in [0.3, 0.4) is 0 Å². The van der Waals surface area contributed by atoms with E-state index in [1.54, 1.807) is 4.90 Å². The second-order valence-corrected chi connectivity index (χ2v) is 10.9. The zero-order valence-corrected chi connectivity index (χ0v) is 21.8. The number of benzene rings is 1. The summed E-state index contributed by atoms with van der Waals surface area (Å²) in [7, 11) is 0. The standard InChI is InChI=1S/C27H41N3O5/c1-19-16-29(26(33)35-27(3,4)5)17-20(2)30(19)24(31)23(22-14-10-7-11-15-22)28-25(32)34-18-21-12-8-6-9-13-21/h6,8-9,12-13,19-20,22-23H,7,10-11,14-18H2,1-5H3,(H,28,32)/t19-,20-,23-/m1/s1. The van der Waals surface area contributed by atoms with Crippen LogP contribution in [0.4, 0.5) is 9.59 Å². The Morgan fingerprint density at radius 1 is 1.00 bits per heavy atom. The quantitative estimate of drug-likeness (QED) is 0.649. The van der Waals surface area contributed by atoms with Gasteiger partial charge >= 0.3 is 12.2 Å². The fraction of sp³-hybridized carbons (Fsp3) is 0.667. The van der Waals surface area contributed by atoms with E-state index in [1.807, 2.05) is 69.9 Å². The molecule has 1 aromatic carbocycles. The molecule has 1 aliphatic carbocycles. The zero-order chi connectivity index (χ0) is 25.6. The molecular formula is C27H41N3O5. The van der Waals surface area contributed by atoms with Crippen molar-refractivity contribution in [3.8, 4) is 0 Å². The first-order valence-corrected chi connectivity index (χ1v) is 12.8. The molecule has 1 heterocycles. The Bertz CT molecular complexity index is 851. The van der Waals surface area contributed by atoms with Crippen LogP contribution in [-0.4, -0.2) is 64.7 Å². The number of carbonyl (C=O) groups excluding carboxylic acids is 3. The molecule has 8 heteroatoms. The molecule has 1 N–H and O–H groups in total. The molecule has 1 saturated carbocycles. The topological polar surface area (TPSA) is 88.2 Å². The summed E-state index contributed by atoms with van der Waals surface area (Å²) in [5.41, 5.74) is 0.316. The van der Waals surface area contributed by atoms with Crippen LogP contribution in [0.15, 0.2) is 30.3 Å². The minimum absolute atomic E-state index is 0.0730. The van der Waals surface area contributed by atoms with Gasteiger partial charge in [-0.1, -0.05) is 49.6 Å². The molecule has 0 radical (unpaired) electrons. The summed E-state index contributed by atoms with van der Waals surface area (Å²) in [5, 5.41) is 2.90. The van der Waals surface area contributed by atoms with E-state index >= 15 is 0 Å². The Morgan fingerprint density at radius 3 is 2.17 bits per heavy atom.